The van der Waals surface area contributed by atoms with Crippen LogP contribution in [0.2, 0.25) is 0 Å². The number of anilines is 1. The van der Waals surface area contributed by atoms with Gasteiger partial charge in [0.1, 0.15) is 5.60 Å². The van der Waals surface area contributed by atoms with Gasteiger partial charge < -0.3 is 15.0 Å². The van der Waals surface area contributed by atoms with Crippen molar-refractivity contribution >= 4 is 6.01 Å². The number of rotatable bonds is 2. The van der Waals surface area contributed by atoms with Crippen molar-refractivity contribution < 1.29 is 9.26 Å². The van der Waals surface area contributed by atoms with Crippen LogP contribution in [0.4, 0.5) is 6.01 Å². The van der Waals surface area contributed by atoms with Gasteiger partial charge in [-0.05, 0) is 25.7 Å². The minimum atomic E-state index is -0.346. The molecule has 5 nitrogen and oxygen atoms in total. The van der Waals surface area contributed by atoms with E-state index in [4.69, 9.17) is 15.0 Å². The van der Waals surface area contributed by atoms with Gasteiger partial charge >= 0.3 is 6.01 Å². The van der Waals surface area contributed by atoms with Crippen LogP contribution in [0, 0.1) is 0 Å². The Balaban J connectivity index is 2.30. The molecule has 0 bridgehead atoms. The van der Waals surface area contributed by atoms with Crippen LogP contribution in [0.3, 0.4) is 0 Å². The summed E-state index contributed by atoms with van der Waals surface area (Å²) in [5.41, 5.74) is 5.02. The van der Waals surface area contributed by atoms with Crippen molar-refractivity contribution in [3.8, 4) is 0 Å². The average molecular weight is 183 g/mol. The number of methoxy groups -OCH3 is 1. The molecule has 72 valence electrons. The fraction of sp³-hybridized carbons (Fsp3) is 0.750. The van der Waals surface area contributed by atoms with Crippen LogP contribution < -0.4 is 5.73 Å². The second kappa shape index (κ2) is 2.99. The lowest BCUT2D eigenvalue weighted by atomic mass is 10.0. The highest BCUT2D eigenvalue weighted by atomic mass is 16.5. The topological polar surface area (TPSA) is 74.2 Å². The van der Waals surface area contributed by atoms with Gasteiger partial charge in [-0.1, -0.05) is 5.16 Å². The molecule has 0 amide bonds. The molecule has 0 unspecified atom stereocenters. The SMILES string of the molecule is COC1(c2noc(N)n2)CCCC1. The predicted molar refractivity (Wildman–Crippen MR) is 45.9 cm³/mol. The number of ether oxygens (including phenoxy) is 1. The molecule has 1 aromatic heterocycles. The zero-order chi connectivity index (χ0) is 9.31. The van der Waals surface area contributed by atoms with E-state index in [1.165, 1.54) is 0 Å². The molecule has 0 aliphatic heterocycles. The summed E-state index contributed by atoms with van der Waals surface area (Å²) >= 11 is 0. The summed E-state index contributed by atoms with van der Waals surface area (Å²) in [5.74, 6) is 0.588. The molecular weight excluding hydrogens is 170 g/mol. The quantitative estimate of drug-likeness (QED) is 0.742. The lowest BCUT2D eigenvalue weighted by Crippen LogP contribution is -2.25. The summed E-state index contributed by atoms with van der Waals surface area (Å²) in [4.78, 5) is 4.01. The Morgan fingerprint density at radius 3 is 2.62 bits per heavy atom. The van der Waals surface area contributed by atoms with E-state index in [9.17, 15) is 0 Å². The van der Waals surface area contributed by atoms with Gasteiger partial charge in [0.2, 0.25) is 5.82 Å². The van der Waals surface area contributed by atoms with Gasteiger partial charge in [0.25, 0.3) is 0 Å². The summed E-state index contributed by atoms with van der Waals surface area (Å²) in [5, 5.41) is 3.80. The molecule has 0 saturated heterocycles. The number of hydrogen-bond donors (Lipinski definition) is 1. The van der Waals surface area contributed by atoms with Crippen molar-refractivity contribution in [3.63, 3.8) is 0 Å². The van der Waals surface area contributed by atoms with Gasteiger partial charge in [-0.15, -0.1) is 0 Å². The highest BCUT2D eigenvalue weighted by molar-refractivity contribution is 5.13. The molecule has 5 heteroatoms. The molecule has 0 aromatic carbocycles. The summed E-state index contributed by atoms with van der Waals surface area (Å²) in [7, 11) is 1.68. The van der Waals surface area contributed by atoms with E-state index in [0.29, 0.717) is 5.82 Å². The van der Waals surface area contributed by atoms with Crippen molar-refractivity contribution in [1.29, 1.82) is 0 Å². The first-order chi connectivity index (χ1) is 6.27. The van der Waals surface area contributed by atoms with Crippen LogP contribution in [-0.4, -0.2) is 17.3 Å². The van der Waals surface area contributed by atoms with E-state index >= 15 is 0 Å². The Labute approximate surface area is 76.3 Å². The number of nitrogen functional groups attached to an aromatic ring is 1. The van der Waals surface area contributed by atoms with Crippen molar-refractivity contribution in [2.75, 3.05) is 12.8 Å². The molecular formula is C8H13N3O2. The van der Waals surface area contributed by atoms with Crippen LogP contribution in [0.5, 0.6) is 0 Å². The first-order valence-electron chi connectivity index (χ1n) is 4.42. The van der Waals surface area contributed by atoms with Gasteiger partial charge in [-0.25, -0.2) is 0 Å². The third kappa shape index (κ3) is 1.29. The zero-order valence-corrected chi connectivity index (χ0v) is 7.62. The number of nitrogens with zero attached hydrogens (tertiary/aromatic N) is 2. The number of aromatic nitrogens is 2. The summed E-state index contributed by atoms with van der Waals surface area (Å²) in [6.45, 7) is 0. The minimum Gasteiger partial charge on any atom is -0.370 e. The normalized spacial score (nSPS) is 20.7. The van der Waals surface area contributed by atoms with Crippen molar-refractivity contribution in [2.45, 2.75) is 31.3 Å². The second-order valence-corrected chi connectivity index (χ2v) is 3.36. The standard InChI is InChI=1S/C8H13N3O2/c1-12-8(4-2-3-5-8)6-10-7(9)13-11-6/h2-5H2,1H3,(H2,9,10,11). The molecule has 13 heavy (non-hydrogen) atoms. The van der Waals surface area contributed by atoms with E-state index < -0.39 is 0 Å². The summed E-state index contributed by atoms with van der Waals surface area (Å²) in [6, 6.07) is 0.110. The van der Waals surface area contributed by atoms with Crippen LogP contribution in [-0.2, 0) is 10.3 Å². The van der Waals surface area contributed by atoms with E-state index in [1.54, 1.807) is 7.11 Å². The van der Waals surface area contributed by atoms with Gasteiger partial charge in [0.05, 0.1) is 0 Å². The van der Waals surface area contributed by atoms with E-state index in [1.807, 2.05) is 0 Å². The lowest BCUT2D eigenvalue weighted by Gasteiger charge is -2.22. The highest BCUT2D eigenvalue weighted by Gasteiger charge is 2.39. The van der Waals surface area contributed by atoms with Crippen LogP contribution >= 0.6 is 0 Å². The van der Waals surface area contributed by atoms with Crippen LogP contribution in [0.1, 0.15) is 31.5 Å². The van der Waals surface area contributed by atoms with Gasteiger partial charge in [-0.2, -0.15) is 4.98 Å². The third-order valence-corrected chi connectivity index (χ3v) is 2.65. The van der Waals surface area contributed by atoms with Crippen LogP contribution in [0.25, 0.3) is 0 Å². The van der Waals surface area contributed by atoms with Gasteiger partial charge in [0.15, 0.2) is 0 Å². The molecule has 0 radical (unpaired) electrons. The molecule has 2 N–H and O–H groups in total. The van der Waals surface area contributed by atoms with Gasteiger partial charge in [0, 0.05) is 7.11 Å². The minimum absolute atomic E-state index is 0.110. The van der Waals surface area contributed by atoms with E-state index in [2.05, 4.69) is 10.1 Å². The number of hydrogen-bond acceptors (Lipinski definition) is 5. The average Bonchev–Trinajstić information content (AvgIpc) is 2.73. The molecule has 0 atom stereocenters. The third-order valence-electron chi connectivity index (χ3n) is 2.65. The van der Waals surface area contributed by atoms with E-state index in [-0.39, 0.29) is 11.6 Å². The Morgan fingerprint density at radius 2 is 2.15 bits per heavy atom. The van der Waals surface area contributed by atoms with Gasteiger partial charge in [-0.3, -0.25) is 0 Å². The highest BCUT2D eigenvalue weighted by Crippen LogP contribution is 2.40. The molecule has 1 saturated carbocycles. The fourth-order valence-electron chi connectivity index (χ4n) is 1.89. The van der Waals surface area contributed by atoms with Crippen molar-refractivity contribution in [2.24, 2.45) is 0 Å². The Hall–Kier alpha value is -1.10. The molecule has 1 aliphatic carbocycles. The molecule has 1 heterocycles. The number of nitrogens with two attached hydrogens (primary N) is 1. The second-order valence-electron chi connectivity index (χ2n) is 3.36. The molecule has 1 aliphatic rings. The summed E-state index contributed by atoms with van der Waals surface area (Å²) in [6.07, 6.45) is 4.18. The Bertz CT molecular complexity index is 291. The van der Waals surface area contributed by atoms with Crippen LogP contribution in [0.15, 0.2) is 4.52 Å². The van der Waals surface area contributed by atoms with E-state index in [0.717, 1.165) is 25.7 Å². The van der Waals surface area contributed by atoms with Crippen molar-refractivity contribution in [1.82, 2.24) is 10.1 Å². The first kappa shape index (κ1) is 8.50. The lowest BCUT2D eigenvalue weighted by molar-refractivity contribution is -0.0178. The largest absolute Gasteiger partial charge is 0.370 e. The Kier molecular flexibility index (Phi) is 1.95. The monoisotopic (exact) mass is 183 g/mol. The molecule has 1 aromatic rings. The summed E-state index contributed by atoms with van der Waals surface area (Å²) < 4.78 is 10.2. The van der Waals surface area contributed by atoms with Crippen molar-refractivity contribution in [3.05, 3.63) is 5.82 Å². The molecule has 1 fully saturated rings. The maximum Gasteiger partial charge on any atom is 0.318 e. The first-order valence-corrected chi connectivity index (χ1v) is 4.42. The predicted octanol–water partition coefficient (Wildman–Crippen LogP) is 1.07. The molecule has 2 rings (SSSR count). The fourth-order valence-corrected chi connectivity index (χ4v) is 1.89. The maximum atomic E-state index is 5.46. The Morgan fingerprint density at radius 1 is 1.46 bits per heavy atom. The zero-order valence-electron chi connectivity index (χ0n) is 7.62. The smallest absolute Gasteiger partial charge is 0.318 e. The maximum absolute atomic E-state index is 5.46. The molecule has 0 spiro atoms.